The Morgan fingerprint density at radius 1 is 0.737 bits per heavy atom. The van der Waals surface area contributed by atoms with Gasteiger partial charge < -0.3 is 10.4 Å². The monoisotopic (exact) mass is 271 g/mol. The minimum Gasteiger partial charge on any atom is -0.392 e. The molecule has 1 atom stereocenters. The molecule has 116 valence electrons. The average Bonchev–Trinajstić information content (AvgIpc) is 2.39. The van der Waals surface area contributed by atoms with Gasteiger partial charge in [-0.05, 0) is 19.9 Å². The van der Waals surface area contributed by atoms with Crippen molar-refractivity contribution < 1.29 is 5.11 Å². The Kier molecular flexibility index (Phi) is 15.9. The number of rotatable bonds is 15. The predicted octanol–water partition coefficient (Wildman–Crippen LogP) is 4.66. The second kappa shape index (κ2) is 16.0. The highest BCUT2D eigenvalue weighted by molar-refractivity contribution is 4.53. The van der Waals surface area contributed by atoms with Crippen LogP contribution in [0.25, 0.3) is 0 Å². The van der Waals surface area contributed by atoms with Crippen molar-refractivity contribution in [1.82, 2.24) is 5.32 Å². The third kappa shape index (κ3) is 17.9. The van der Waals surface area contributed by atoms with Crippen LogP contribution < -0.4 is 5.32 Å². The summed E-state index contributed by atoms with van der Waals surface area (Å²) in [4.78, 5) is 0. The van der Waals surface area contributed by atoms with E-state index in [1.807, 2.05) is 6.92 Å². The summed E-state index contributed by atoms with van der Waals surface area (Å²) >= 11 is 0. The second-order valence-corrected chi connectivity index (χ2v) is 5.94. The van der Waals surface area contributed by atoms with Gasteiger partial charge in [0.25, 0.3) is 0 Å². The smallest absolute Gasteiger partial charge is 0.0636 e. The van der Waals surface area contributed by atoms with Crippen molar-refractivity contribution >= 4 is 0 Å². The minimum atomic E-state index is -0.211. The van der Waals surface area contributed by atoms with Gasteiger partial charge in [-0.25, -0.2) is 0 Å². The highest BCUT2D eigenvalue weighted by Gasteiger charge is 1.95. The minimum absolute atomic E-state index is 0.211. The summed E-state index contributed by atoms with van der Waals surface area (Å²) in [6.45, 7) is 5.90. The molecule has 0 aliphatic carbocycles. The third-order valence-electron chi connectivity index (χ3n) is 3.65. The molecule has 0 aromatic rings. The summed E-state index contributed by atoms with van der Waals surface area (Å²) in [5, 5.41) is 12.4. The molecule has 0 bridgehead atoms. The van der Waals surface area contributed by atoms with Crippen LogP contribution in [0.15, 0.2) is 0 Å². The van der Waals surface area contributed by atoms with Crippen LogP contribution in [-0.4, -0.2) is 24.3 Å². The van der Waals surface area contributed by atoms with Crippen LogP contribution in [0.1, 0.15) is 90.9 Å². The first-order valence-corrected chi connectivity index (χ1v) is 8.66. The van der Waals surface area contributed by atoms with Gasteiger partial charge in [0.2, 0.25) is 0 Å². The fourth-order valence-corrected chi connectivity index (χ4v) is 2.40. The zero-order valence-corrected chi connectivity index (χ0v) is 13.4. The summed E-state index contributed by atoms with van der Waals surface area (Å²) in [5.41, 5.74) is 0. The van der Waals surface area contributed by atoms with Crippen molar-refractivity contribution in [2.45, 2.75) is 97.0 Å². The van der Waals surface area contributed by atoms with E-state index in [9.17, 15) is 0 Å². The molecule has 0 aromatic carbocycles. The van der Waals surface area contributed by atoms with Gasteiger partial charge in [0.15, 0.2) is 0 Å². The molecular formula is C17H37NO. The normalized spacial score (nSPS) is 12.8. The molecule has 2 heteroatoms. The van der Waals surface area contributed by atoms with Gasteiger partial charge in [0, 0.05) is 6.54 Å². The Morgan fingerprint density at radius 2 is 1.16 bits per heavy atom. The largest absolute Gasteiger partial charge is 0.392 e. The van der Waals surface area contributed by atoms with E-state index in [2.05, 4.69) is 12.2 Å². The lowest BCUT2D eigenvalue weighted by Gasteiger charge is -2.06. The van der Waals surface area contributed by atoms with Crippen LogP contribution in [0, 0.1) is 0 Å². The molecule has 0 aliphatic rings. The van der Waals surface area contributed by atoms with Crippen LogP contribution in [-0.2, 0) is 0 Å². The molecular weight excluding hydrogens is 234 g/mol. The van der Waals surface area contributed by atoms with Gasteiger partial charge in [0.05, 0.1) is 6.10 Å². The molecule has 2 nitrogen and oxygen atoms in total. The van der Waals surface area contributed by atoms with Gasteiger partial charge in [0.1, 0.15) is 0 Å². The van der Waals surface area contributed by atoms with Crippen LogP contribution in [0.2, 0.25) is 0 Å². The second-order valence-electron chi connectivity index (χ2n) is 5.94. The van der Waals surface area contributed by atoms with Crippen molar-refractivity contribution in [2.24, 2.45) is 0 Å². The van der Waals surface area contributed by atoms with E-state index < -0.39 is 0 Å². The average molecular weight is 271 g/mol. The van der Waals surface area contributed by atoms with Gasteiger partial charge in [-0.3, -0.25) is 0 Å². The lowest BCUT2D eigenvalue weighted by atomic mass is 10.1. The Morgan fingerprint density at radius 3 is 1.58 bits per heavy atom. The standard InChI is InChI=1S/C17H37NO/c1-3-4-5-6-7-8-9-10-11-12-13-14-15-18-16-17(2)19/h17-19H,3-16H2,1-2H3/t17-/m0/s1. The van der Waals surface area contributed by atoms with E-state index in [1.54, 1.807) is 0 Å². The van der Waals surface area contributed by atoms with E-state index in [0.29, 0.717) is 0 Å². The molecule has 19 heavy (non-hydrogen) atoms. The summed E-state index contributed by atoms with van der Waals surface area (Å²) < 4.78 is 0. The fraction of sp³-hybridized carbons (Fsp3) is 1.00. The van der Waals surface area contributed by atoms with Crippen molar-refractivity contribution in [3.63, 3.8) is 0 Å². The number of hydrogen-bond donors (Lipinski definition) is 2. The lowest BCUT2D eigenvalue weighted by molar-refractivity contribution is 0.191. The molecule has 0 unspecified atom stereocenters. The Hall–Kier alpha value is -0.0800. The van der Waals surface area contributed by atoms with Gasteiger partial charge in [-0.15, -0.1) is 0 Å². The fourth-order valence-electron chi connectivity index (χ4n) is 2.40. The van der Waals surface area contributed by atoms with Crippen LogP contribution >= 0.6 is 0 Å². The first kappa shape index (κ1) is 18.9. The highest BCUT2D eigenvalue weighted by atomic mass is 16.3. The molecule has 0 fully saturated rings. The first-order valence-electron chi connectivity index (χ1n) is 8.66. The molecule has 0 amide bonds. The number of nitrogens with one attached hydrogen (secondary N) is 1. The van der Waals surface area contributed by atoms with Crippen molar-refractivity contribution in [3.05, 3.63) is 0 Å². The zero-order chi connectivity index (χ0) is 14.2. The van der Waals surface area contributed by atoms with Gasteiger partial charge in [-0.2, -0.15) is 0 Å². The van der Waals surface area contributed by atoms with Crippen molar-refractivity contribution in [3.8, 4) is 0 Å². The van der Waals surface area contributed by atoms with Crippen LogP contribution in [0.4, 0.5) is 0 Å². The van der Waals surface area contributed by atoms with Gasteiger partial charge in [-0.1, -0.05) is 77.6 Å². The summed E-state index contributed by atoms with van der Waals surface area (Å²) in [5.74, 6) is 0. The molecule has 2 N–H and O–H groups in total. The maximum Gasteiger partial charge on any atom is 0.0636 e. The highest BCUT2D eigenvalue weighted by Crippen LogP contribution is 2.11. The topological polar surface area (TPSA) is 32.3 Å². The maximum absolute atomic E-state index is 9.08. The maximum atomic E-state index is 9.08. The van der Waals surface area contributed by atoms with Crippen molar-refractivity contribution in [2.75, 3.05) is 13.1 Å². The molecule has 0 saturated carbocycles. The zero-order valence-electron chi connectivity index (χ0n) is 13.4. The van der Waals surface area contributed by atoms with Crippen molar-refractivity contribution in [1.29, 1.82) is 0 Å². The van der Waals surface area contributed by atoms with E-state index in [0.717, 1.165) is 13.1 Å². The Labute approximate surface area is 121 Å². The van der Waals surface area contributed by atoms with Crippen LogP contribution in [0.5, 0.6) is 0 Å². The van der Waals surface area contributed by atoms with E-state index in [4.69, 9.17) is 5.11 Å². The SMILES string of the molecule is CCCCCCCCCCCCCCNC[C@H](C)O. The first-order chi connectivity index (χ1) is 9.27. The summed E-state index contributed by atoms with van der Waals surface area (Å²) in [6.07, 6.45) is 16.6. The summed E-state index contributed by atoms with van der Waals surface area (Å²) in [6, 6.07) is 0. The predicted molar refractivity (Wildman–Crippen MR) is 85.6 cm³/mol. The van der Waals surface area contributed by atoms with Gasteiger partial charge >= 0.3 is 0 Å². The molecule has 0 heterocycles. The van der Waals surface area contributed by atoms with E-state index >= 15 is 0 Å². The molecule has 0 radical (unpaired) electrons. The van der Waals surface area contributed by atoms with Crippen LogP contribution in [0.3, 0.4) is 0 Å². The molecule has 0 saturated heterocycles. The lowest BCUT2D eigenvalue weighted by Crippen LogP contribution is -2.25. The number of aliphatic hydroxyl groups excluding tert-OH is 1. The third-order valence-corrected chi connectivity index (χ3v) is 3.65. The molecule has 0 rings (SSSR count). The number of unbranched alkanes of at least 4 members (excludes halogenated alkanes) is 11. The van der Waals surface area contributed by atoms with E-state index in [-0.39, 0.29) is 6.10 Å². The Balaban J connectivity index is 2.91. The number of hydrogen-bond acceptors (Lipinski definition) is 2. The van der Waals surface area contributed by atoms with E-state index in [1.165, 1.54) is 77.0 Å². The molecule has 0 aromatic heterocycles. The quantitative estimate of drug-likeness (QED) is 0.425. The molecule has 0 spiro atoms. The molecule has 0 aliphatic heterocycles. The Bertz CT molecular complexity index is 159. The summed E-state index contributed by atoms with van der Waals surface area (Å²) in [7, 11) is 0. The number of aliphatic hydroxyl groups is 1.